The molecule has 1 heterocycles. The number of carbonyl (C=O) groups is 1. The molecule has 0 saturated heterocycles. The van der Waals surface area contributed by atoms with Crippen molar-refractivity contribution in [2.75, 3.05) is 16.2 Å². The van der Waals surface area contributed by atoms with Crippen molar-refractivity contribution >= 4 is 38.9 Å². The van der Waals surface area contributed by atoms with E-state index in [1.54, 1.807) is 18.2 Å². The number of anilines is 2. The average Bonchev–Trinajstić information content (AvgIpc) is 2.75. The molecule has 0 saturated carbocycles. The van der Waals surface area contributed by atoms with Crippen LogP contribution >= 0.6 is 11.6 Å². The van der Waals surface area contributed by atoms with E-state index in [0.29, 0.717) is 18.7 Å². The number of phenolic OH excluding ortho intramolecular Hbond substituents is 1. The molecule has 1 amide bonds. The molecule has 0 aliphatic carbocycles. The number of benzene rings is 3. The molecule has 2 N–H and O–H groups in total. The Bertz CT molecular complexity index is 1270. The molecule has 3 aromatic rings. The number of halogens is 1. The number of hydrogen-bond acceptors (Lipinski definition) is 4. The fraction of sp³-hybridized carbons (Fsp3) is 0.174. The predicted octanol–water partition coefficient (Wildman–Crippen LogP) is 4.75. The van der Waals surface area contributed by atoms with Crippen molar-refractivity contribution in [3.8, 4) is 5.75 Å². The molecule has 31 heavy (non-hydrogen) atoms. The van der Waals surface area contributed by atoms with Crippen LogP contribution in [0.5, 0.6) is 5.75 Å². The van der Waals surface area contributed by atoms with E-state index in [0.717, 1.165) is 17.5 Å². The number of fused-ring (bicyclic) bond motifs is 1. The minimum atomic E-state index is -3.89. The fourth-order valence-corrected chi connectivity index (χ4v) is 5.42. The van der Waals surface area contributed by atoms with Gasteiger partial charge in [-0.25, -0.2) is 8.42 Å². The fourth-order valence-electron chi connectivity index (χ4n) is 3.65. The van der Waals surface area contributed by atoms with E-state index in [1.165, 1.54) is 28.6 Å². The van der Waals surface area contributed by atoms with Gasteiger partial charge in [0.05, 0.1) is 26.9 Å². The quantitative estimate of drug-likeness (QED) is 0.555. The number of nitrogens with zero attached hydrogens (tertiary/aromatic N) is 1. The van der Waals surface area contributed by atoms with Crippen LogP contribution in [0.1, 0.15) is 27.9 Å². The summed E-state index contributed by atoms with van der Waals surface area (Å²) in [6.45, 7) is 2.18. The van der Waals surface area contributed by atoms with Gasteiger partial charge in [-0.15, -0.1) is 0 Å². The third-order valence-electron chi connectivity index (χ3n) is 5.24. The summed E-state index contributed by atoms with van der Waals surface area (Å²) < 4.78 is 28.2. The summed E-state index contributed by atoms with van der Waals surface area (Å²) in [5, 5.41) is 12.8. The molecule has 0 radical (unpaired) electrons. The first-order valence-electron chi connectivity index (χ1n) is 9.78. The third-order valence-corrected chi connectivity index (χ3v) is 7.38. The number of sulfonamides is 1. The molecule has 0 unspecified atom stereocenters. The van der Waals surface area contributed by atoms with Gasteiger partial charge in [-0.05, 0) is 67.3 Å². The van der Waals surface area contributed by atoms with Crippen LogP contribution in [0.25, 0.3) is 0 Å². The largest absolute Gasteiger partial charge is 0.506 e. The van der Waals surface area contributed by atoms with Gasteiger partial charge >= 0.3 is 0 Å². The second kappa shape index (κ2) is 8.24. The van der Waals surface area contributed by atoms with E-state index in [-0.39, 0.29) is 26.9 Å². The number of phenols is 1. The zero-order valence-electron chi connectivity index (χ0n) is 16.8. The van der Waals surface area contributed by atoms with E-state index in [4.69, 9.17) is 11.6 Å². The van der Waals surface area contributed by atoms with Crippen LogP contribution in [0.3, 0.4) is 0 Å². The number of para-hydroxylation sites is 1. The molecular weight excluding hydrogens is 436 g/mol. The van der Waals surface area contributed by atoms with Gasteiger partial charge in [0.25, 0.3) is 15.9 Å². The highest BCUT2D eigenvalue weighted by Crippen LogP contribution is 2.33. The van der Waals surface area contributed by atoms with Crippen LogP contribution in [0.2, 0.25) is 5.02 Å². The zero-order valence-corrected chi connectivity index (χ0v) is 18.4. The van der Waals surface area contributed by atoms with Crippen LogP contribution in [0, 0.1) is 6.92 Å². The van der Waals surface area contributed by atoms with Crippen molar-refractivity contribution in [3.63, 3.8) is 0 Å². The van der Waals surface area contributed by atoms with Gasteiger partial charge in [0.1, 0.15) is 5.75 Å². The highest BCUT2D eigenvalue weighted by atomic mass is 35.5. The van der Waals surface area contributed by atoms with Gasteiger partial charge in [-0.3, -0.25) is 9.10 Å². The SMILES string of the molecule is Cc1ccc(NC(=O)c2cc(S(=O)(=O)N3CCCc4ccccc43)ccc2Cl)c(O)c1. The van der Waals surface area contributed by atoms with E-state index in [9.17, 15) is 18.3 Å². The van der Waals surface area contributed by atoms with Gasteiger partial charge in [-0.2, -0.15) is 0 Å². The molecule has 1 aliphatic rings. The normalized spacial score (nSPS) is 13.5. The summed E-state index contributed by atoms with van der Waals surface area (Å²) in [5.41, 5.74) is 2.68. The lowest BCUT2D eigenvalue weighted by atomic mass is 10.0. The smallest absolute Gasteiger partial charge is 0.264 e. The minimum absolute atomic E-state index is 0.00742. The van der Waals surface area contributed by atoms with Gasteiger partial charge in [0.2, 0.25) is 0 Å². The standard InChI is InChI=1S/C23H21ClN2O4S/c1-15-8-11-20(22(27)13-15)25-23(28)18-14-17(9-10-19(18)24)31(29,30)26-12-4-6-16-5-2-3-7-21(16)26/h2-3,5,7-11,13-14,27H,4,6,12H2,1H3,(H,25,28). The average molecular weight is 457 g/mol. The summed E-state index contributed by atoms with van der Waals surface area (Å²) in [6, 6.07) is 16.3. The van der Waals surface area contributed by atoms with Crippen molar-refractivity contribution in [1.82, 2.24) is 0 Å². The highest BCUT2D eigenvalue weighted by molar-refractivity contribution is 7.92. The molecule has 1 aliphatic heterocycles. The van der Waals surface area contributed by atoms with E-state index < -0.39 is 15.9 Å². The van der Waals surface area contributed by atoms with Crippen LogP contribution < -0.4 is 9.62 Å². The first-order valence-corrected chi connectivity index (χ1v) is 11.6. The number of aromatic hydroxyl groups is 1. The van der Waals surface area contributed by atoms with Crippen LogP contribution in [-0.2, 0) is 16.4 Å². The number of amides is 1. The molecule has 0 bridgehead atoms. The molecule has 0 aromatic heterocycles. The molecular formula is C23H21ClN2O4S. The predicted molar refractivity (Wildman–Crippen MR) is 122 cm³/mol. The Morgan fingerprint density at radius 3 is 2.65 bits per heavy atom. The van der Waals surface area contributed by atoms with Gasteiger partial charge in [0.15, 0.2) is 0 Å². The Morgan fingerprint density at radius 1 is 1.10 bits per heavy atom. The molecule has 3 aromatic carbocycles. The van der Waals surface area contributed by atoms with E-state index in [1.807, 2.05) is 25.1 Å². The monoisotopic (exact) mass is 456 g/mol. The van der Waals surface area contributed by atoms with Crippen molar-refractivity contribution in [1.29, 1.82) is 0 Å². The molecule has 0 spiro atoms. The summed E-state index contributed by atoms with van der Waals surface area (Å²) in [6.07, 6.45) is 1.53. The first kappa shape index (κ1) is 21.2. The van der Waals surface area contributed by atoms with Crippen molar-refractivity contribution in [2.24, 2.45) is 0 Å². The lowest BCUT2D eigenvalue weighted by Crippen LogP contribution is -2.35. The molecule has 0 atom stereocenters. The van der Waals surface area contributed by atoms with Crippen LogP contribution in [-0.4, -0.2) is 26.0 Å². The molecule has 0 fully saturated rings. The molecule has 6 nitrogen and oxygen atoms in total. The topological polar surface area (TPSA) is 86.7 Å². The van der Waals surface area contributed by atoms with Gasteiger partial charge in [0, 0.05) is 6.54 Å². The van der Waals surface area contributed by atoms with E-state index >= 15 is 0 Å². The maximum Gasteiger partial charge on any atom is 0.264 e. The first-order chi connectivity index (χ1) is 14.8. The summed E-state index contributed by atoms with van der Waals surface area (Å²) in [7, 11) is -3.89. The number of aryl methyl sites for hydroxylation is 2. The summed E-state index contributed by atoms with van der Waals surface area (Å²) in [4.78, 5) is 12.8. The van der Waals surface area contributed by atoms with Crippen molar-refractivity contribution < 1.29 is 18.3 Å². The number of hydrogen-bond donors (Lipinski definition) is 2. The van der Waals surface area contributed by atoms with Crippen LogP contribution in [0.4, 0.5) is 11.4 Å². The number of carbonyl (C=O) groups excluding carboxylic acids is 1. The van der Waals surface area contributed by atoms with Crippen LogP contribution in [0.15, 0.2) is 65.6 Å². The Labute approximate surface area is 186 Å². The third kappa shape index (κ3) is 4.11. The zero-order chi connectivity index (χ0) is 22.2. The summed E-state index contributed by atoms with van der Waals surface area (Å²) >= 11 is 6.21. The number of nitrogens with one attached hydrogen (secondary N) is 1. The van der Waals surface area contributed by atoms with Gasteiger partial charge in [-0.1, -0.05) is 35.9 Å². The van der Waals surface area contributed by atoms with E-state index in [2.05, 4.69) is 5.32 Å². The highest BCUT2D eigenvalue weighted by Gasteiger charge is 2.30. The van der Waals surface area contributed by atoms with Crippen molar-refractivity contribution in [3.05, 3.63) is 82.4 Å². The lowest BCUT2D eigenvalue weighted by Gasteiger charge is -2.30. The Morgan fingerprint density at radius 2 is 1.87 bits per heavy atom. The second-order valence-corrected chi connectivity index (χ2v) is 9.70. The lowest BCUT2D eigenvalue weighted by molar-refractivity contribution is 0.102. The molecule has 4 rings (SSSR count). The van der Waals surface area contributed by atoms with Gasteiger partial charge < -0.3 is 10.4 Å². The second-order valence-electron chi connectivity index (χ2n) is 7.43. The molecule has 160 valence electrons. The Balaban J connectivity index is 1.68. The maximum atomic E-state index is 13.4. The molecule has 8 heteroatoms. The summed E-state index contributed by atoms with van der Waals surface area (Å²) in [5.74, 6) is -0.696. The maximum absolute atomic E-state index is 13.4. The Kier molecular flexibility index (Phi) is 5.64. The Hall–Kier alpha value is -3.03. The minimum Gasteiger partial charge on any atom is -0.506 e. The number of rotatable bonds is 4. The van der Waals surface area contributed by atoms with Crippen molar-refractivity contribution in [2.45, 2.75) is 24.7 Å².